The highest BCUT2D eigenvalue weighted by Crippen LogP contribution is 2.33. The van der Waals surface area contributed by atoms with Crippen LogP contribution in [0.25, 0.3) is 0 Å². The van der Waals surface area contributed by atoms with E-state index in [0.29, 0.717) is 6.04 Å². The molecule has 2 N–H and O–H groups in total. The van der Waals surface area contributed by atoms with E-state index in [2.05, 4.69) is 13.8 Å². The molecule has 1 fully saturated rings. The lowest BCUT2D eigenvalue weighted by Gasteiger charge is -2.36. The van der Waals surface area contributed by atoms with Crippen LogP contribution in [0.3, 0.4) is 0 Å². The van der Waals surface area contributed by atoms with E-state index < -0.39 is 0 Å². The van der Waals surface area contributed by atoms with Crippen LogP contribution in [0.4, 0.5) is 0 Å². The van der Waals surface area contributed by atoms with Crippen molar-refractivity contribution in [2.75, 3.05) is 0 Å². The molecule has 0 aromatic carbocycles. The van der Waals surface area contributed by atoms with Crippen molar-refractivity contribution in [3.05, 3.63) is 0 Å². The van der Waals surface area contributed by atoms with Crippen LogP contribution in [0.15, 0.2) is 0 Å². The van der Waals surface area contributed by atoms with Gasteiger partial charge >= 0.3 is 0 Å². The van der Waals surface area contributed by atoms with Gasteiger partial charge < -0.3 is 5.73 Å². The second-order valence-electron chi connectivity index (χ2n) is 3.38. The number of nitrogens with two attached hydrogens (primary N) is 1. The summed E-state index contributed by atoms with van der Waals surface area (Å²) in [6, 6.07) is 0.531. The molecule has 1 nitrogen and oxygen atoms in total. The van der Waals surface area contributed by atoms with Gasteiger partial charge in [0.15, 0.2) is 0 Å². The van der Waals surface area contributed by atoms with Gasteiger partial charge in [0, 0.05) is 6.04 Å². The predicted molar refractivity (Wildman–Crippen MR) is 40.2 cm³/mol. The van der Waals surface area contributed by atoms with Crippen molar-refractivity contribution < 1.29 is 0 Å². The van der Waals surface area contributed by atoms with Crippen molar-refractivity contribution in [3.63, 3.8) is 0 Å². The molecule has 9 heavy (non-hydrogen) atoms. The Kier molecular flexibility index (Phi) is 2.12. The minimum absolute atomic E-state index is 0.531. The van der Waals surface area contributed by atoms with Crippen LogP contribution in [0.1, 0.15) is 33.1 Å². The fraction of sp³-hybridized carbons (Fsp3) is 1.00. The second-order valence-corrected chi connectivity index (χ2v) is 3.38. The van der Waals surface area contributed by atoms with Gasteiger partial charge in [0.25, 0.3) is 0 Å². The molecule has 1 heteroatoms. The van der Waals surface area contributed by atoms with Crippen LogP contribution in [0, 0.1) is 11.8 Å². The Bertz CT molecular complexity index is 84.6. The predicted octanol–water partition coefficient (Wildman–Crippen LogP) is 1.77. The lowest BCUT2D eigenvalue weighted by Crippen LogP contribution is -2.39. The monoisotopic (exact) mass is 127 g/mol. The summed E-state index contributed by atoms with van der Waals surface area (Å²) in [5, 5.41) is 0. The third-order valence-electron chi connectivity index (χ3n) is 2.66. The zero-order valence-corrected chi connectivity index (χ0v) is 6.43. The van der Waals surface area contributed by atoms with Crippen molar-refractivity contribution in [2.45, 2.75) is 39.2 Å². The van der Waals surface area contributed by atoms with E-state index in [-0.39, 0.29) is 0 Å². The molecular weight excluding hydrogens is 110 g/mol. The summed E-state index contributed by atoms with van der Waals surface area (Å²) in [5.74, 6) is 1.86. The number of hydrogen-bond acceptors (Lipinski definition) is 1. The molecular formula is C8H17N. The molecule has 0 aliphatic heterocycles. The van der Waals surface area contributed by atoms with Crippen molar-refractivity contribution in [1.82, 2.24) is 0 Å². The van der Waals surface area contributed by atoms with E-state index in [4.69, 9.17) is 5.73 Å². The van der Waals surface area contributed by atoms with Crippen LogP contribution in [0.2, 0.25) is 0 Å². The quantitative estimate of drug-likeness (QED) is 0.601. The zero-order valence-electron chi connectivity index (χ0n) is 6.43. The van der Waals surface area contributed by atoms with Crippen LogP contribution in [-0.2, 0) is 0 Å². The van der Waals surface area contributed by atoms with E-state index in [1.807, 2.05) is 0 Å². The van der Waals surface area contributed by atoms with Crippen molar-refractivity contribution in [1.29, 1.82) is 0 Å². The molecule has 0 aromatic rings. The summed E-state index contributed by atoms with van der Waals surface area (Å²) in [5.41, 5.74) is 5.66. The Balaban J connectivity index is 2.15. The van der Waals surface area contributed by atoms with Gasteiger partial charge in [-0.05, 0) is 24.7 Å². The summed E-state index contributed by atoms with van der Waals surface area (Å²) >= 11 is 0. The maximum absolute atomic E-state index is 5.66. The van der Waals surface area contributed by atoms with Gasteiger partial charge in [0.2, 0.25) is 0 Å². The third kappa shape index (κ3) is 1.45. The molecule has 0 amide bonds. The highest BCUT2D eigenvalue weighted by Gasteiger charge is 2.29. The van der Waals surface area contributed by atoms with Gasteiger partial charge in [0.05, 0.1) is 0 Å². The molecule has 0 radical (unpaired) electrons. The van der Waals surface area contributed by atoms with Gasteiger partial charge in [-0.2, -0.15) is 0 Å². The Morgan fingerprint density at radius 2 is 2.11 bits per heavy atom. The molecule has 1 aliphatic rings. The summed E-state index contributed by atoms with van der Waals surface area (Å²) in [6.07, 6.45) is 3.86. The average Bonchev–Trinajstić information content (AvgIpc) is 1.79. The maximum atomic E-state index is 5.66. The largest absolute Gasteiger partial charge is 0.328 e. The number of hydrogen-bond donors (Lipinski definition) is 1. The van der Waals surface area contributed by atoms with Gasteiger partial charge in [-0.15, -0.1) is 0 Å². The maximum Gasteiger partial charge on any atom is 0.00443 e. The van der Waals surface area contributed by atoms with Gasteiger partial charge in [-0.1, -0.05) is 20.3 Å². The minimum Gasteiger partial charge on any atom is -0.328 e. The fourth-order valence-corrected chi connectivity index (χ4v) is 1.51. The third-order valence-corrected chi connectivity index (χ3v) is 2.66. The minimum atomic E-state index is 0.531. The van der Waals surface area contributed by atoms with E-state index in [1.54, 1.807) is 0 Å². The van der Waals surface area contributed by atoms with Crippen LogP contribution in [-0.4, -0.2) is 6.04 Å². The summed E-state index contributed by atoms with van der Waals surface area (Å²) < 4.78 is 0. The molecule has 1 atom stereocenters. The highest BCUT2D eigenvalue weighted by atomic mass is 14.7. The molecule has 0 heterocycles. The SMILES string of the molecule is CCC(C)[C@H]1C[C@H](N)C1. The van der Waals surface area contributed by atoms with Crippen LogP contribution >= 0.6 is 0 Å². The lowest BCUT2D eigenvalue weighted by molar-refractivity contribution is 0.183. The molecule has 0 bridgehead atoms. The molecule has 1 saturated carbocycles. The van der Waals surface area contributed by atoms with Crippen LogP contribution < -0.4 is 5.73 Å². The first-order valence-electron chi connectivity index (χ1n) is 3.99. The van der Waals surface area contributed by atoms with Gasteiger partial charge in [-0.25, -0.2) is 0 Å². The smallest absolute Gasteiger partial charge is 0.00443 e. The summed E-state index contributed by atoms with van der Waals surface area (Å²) in [7, 11) is 0. The molecule has 0 aromatic heterocycles. The summed E-state index contributed by atoms with van der Waals surface area (Å²) in [6.45, 7) is 4.59. The fourth-order valence-electron chi connectivity index (χ4n) is 1.51. The number of rotatable bonds is 2. The molecule has 1 unspecified atom stereocenters. The Morgan fingerprint density at radius 3 is 2.44 bits per heavy atom. The molecule has 1 rings (SSSR count). The lowest BCUT2D eigenvalue weighted by atomic mass is 9.73. The van der Waals surface area contributed by atoms with Crippen molar-refractivity contribution in [2.24, 2.45) is 17.6 Å². The average molecular weight is 127 g/mol. The Morgan fingerprint density at radius 1 is 1.56 bits per heavy atom. The van der Waals surface area contributed by atoms with E-state index >= 15 is 0 Å². The zero-order chi connectivity index (χ0) is 6.85. The highest BCUT2D eigenvalue weighted by molar-refractivity contribution is 4.84. The summed E-state index contributed by atoms with van der Waals surface area (Å²) in [4.78, 5) is 0. The topological polar surface area (TPSA) is 26.0 Å². The van der Waals surface area contributed by atoms with Crippen LogP contribution in [0.5, 0.6) is 0 Å². The first-order chi connectivity index (χ1) is 4.24. The van der Waals surface area contributed by atoms with E-state index in [1.165, 1.54) is 19.3 Å². The Labute approximate surface area is 57.6 Å². The van der Waals surface area contributed by atoms with Crippen molar-refractivity contribution in [3.8, 4) is 0 Å². The second kappa shape index (κ2) is 2.70. The normalized spacial score (nSPS) is 37.7. The van der Waals surface area contributed by atoms with E-state index in [0.717, 1.165) is 11.8 Å². The van der Waals surface area contributed by atoms with Gasteiger partial charge in [-0.3, -0.25) is 0 Å². The van der Waals surface area contributed by atoms with Gasteiger partial charge in [0.1, 0.15) is 0 Å². The molecule has 54 valence electrons. The molecule has 0 spiro atoms. The first kappa shape index (κ1) is 7.07. The van der Waals surface area contributed by atoms with Crippen molar-refractivity contribution >= 4 is 0 Å². The Hall–Kier alpha value is -0.0400. The molecule has 0 saturated heterocycles. The first-order valence-corrected chi connectivity index (χ1v) is 3.99. The molecule has 1 aliphatic carbocycles. The van der Waals surface area contributed by atoms with E-state index in [9.17, 15) is 0 Å². The standard InChI is InChI=1S/C8H17N/c1-3-6(2)7-4-8(9)5-7/h6-8H,3-5,9H2,1-2H3/t6?,7-,8-.